The van der Waals surface area contributed by atoms with E-state index in [0.29, 0.717) is 5.92 Å². The first kappa shape index (κ1) is 17.1. The first-order valence-electron chi connectivity index (χ1n) is 7.80. The van der Waals surface area contributed by atoms with Crippen molar-refractivity contribution in [1.82, 2.24) is 0 Å². The number of hydrogen-bond donors (Lipinski definition) is 0. The topological polar surface area (TPSA) is 9.23 Å². The van der Waals surface area contributed by atoms with Crippen LogP contribution in [0, 0.1) is 0 Å². The third kappa shape index (κ3) is 5.58. The van der Waals surface area contributed by atoms with Gasteiger partial charge in [0.1, 0.15) is 5.75 Å². The third-order valence-corrected chi connectivity index (χ3v) is 3.57. The van der Waals surface area contributed by atoms with E-state index >= 15 is 0 Å². The lowest BCUT2D eigenvalue weighted by Crippen LogP contribution is -2.04. The van der Waals surface area contributed by atoms with Crippen LogP contribution in [-0.2, 0) is 0 Å². The lowest BCUT2D eigenvalue weighted by Gasteiger charge is -2.19. The van der Waals surface area contributed by atoms with Crippen molar-refractivity contribution >= 4 is 11.6 Å². The molecule has 0 amide bonds. The molecule has 0 aromatic heterocycles. The predicted molar refractivity (Wildman–Crippen MR) is 88.9 cm³/mol. The molecule has 2 heteroatoms. The van der Waals surface area contributed by atoms with E-state index in [-0.39, 0.29) is 0 Å². The minimum absolute atomic E-state index is 0.494. The molecule has 0 saturated carbocycles. The Kier molecular flexibility index (Phi) is 8.45. The van der Waals surface area contributed by atoms with E-state index in [0.717, 1.165) is 43.1 Å². The lowest BCUT2D eigenvalue weighted by atomic mass is 9.90. The molecule has 0 heterocycles. The second-order valence-corrected chi connectivity index (χ2v) is 5.57. The van der Waals surface area contributed by atoms with Crippen molar-refractivity contribution in [2.45, 2.75) is 58.8 Å². The fourth-order valence-corrected chi connectivity index (χ4v) is 2.54. The molecule has 0 aliphatic carbocycles. The molecule has 112 valence electrons. The zero-order valence-corrected chi connectivity index (χ0v) is 13.7. The highest BCUT2D eigenvalue weighted by molar-refractivity contribution is 6.30. The summed E-state index contributed by atoms with van der Waals surface area (Å²) in [5.74, 6) is 1.49. The molecule has 1 aromatic carbocycles. The maximum absolute atomic E-state index is 6.18. The normalized spacial score (nSPS) is 12.8. The van der Waals surface area contributed by atoms with Crippen LogP contribution in [0.25, 0.3) is 0 Å². The molecule has 1 rings (SSSR count). The van der Waals surface area contributed by atoms with Crippen LogP contribution in [-0.4, -0.2) is 6.61 Å². The molecule has 0 N–H and O–H groups in total. The Bertz CT molecular complexity index is 412. The van der Waals surface area contributed by atoms with Gasteiger partial charge in [0, 0.05) is 5.02 Å². The Balaban J connectivity index is 2.96. The predicted octanol–water partition coefficient (Wildman–Crippen LogP) is 6.37. The maximum atomic E-state index is 6.18. The van der Waals surface area contributed by atoms with E-state index in [1.807, 2.05) is 12.1 Å². The van der Waals surface area contributed by atoms with Crippen molar-refractivity contribution in [3.63, 3.8) is 0 Å². The number of ether oxygens (including phenoxy) is 1. The van der Waals surface area contributed by atoms with Crippen molar-refractivity contribution in [2.75, 3.05) is 6.61 Å². The van der Waals surface area contributed by atoms with Gasteiger partial charge < -0.3 is 4.74 Å². The minimum atomic E-state index is 0.494. The van der Waals surface area contributed by atoms with Gasteiger partial charge in [-0.1, -0.05) is 50.9 Å². The van der Waals surface area contributed by atoms with E-state index in [1.165, 1.54) is 12.0 Å². The Morgan fingerprint density at radius 1 is 1.15 bits per heavy atom. The van der Waals surface area contributed by atoms with Crippen molar-refractivity contribution in [3.8, 4) is 5.75 Å². The van der Waals surface area contributed by atoms with Crippen LogP contribution in [0.2, 0.25) is 5.02 Å². The molecule has 0 aliphatic heterocycles. The van der Waals surface area contributed by atoms with Gasteiger partial charge >= 0.3 is 0 Å². The fourth-order valence-electron chi connectivity index (χ4n) is 2.36. The smallest absolute Gasteiger partial charge is 0.122 e. The summed E-state index contributed by atoms with van der Waals surface area (Å²) in [6.07, 6.45) is 10.0. The molecule has 0 radical (unpaired) electrons. The largest absolute Gasteiger partial charge is 0.493 e. The van der Waals surface area contributed by atoms with E-state index in [2.05, 4.69) is 39.0 Å². The van der Waals surface area contributed by atoms with Crippen LogP contribution >= 0.6 is 11.6 Å². The highest BCUT2D eigenvalue weighted by Gasteiger charge is 2.15. The van der Waals surface area contributed by atoms with Crippen LogP contribution < -0.4 is 4.74 Å². The van der Waals surface area contributed by atoms with Crippen molar-refractivity contribution in [3.05, 3.63) is 40.9 Å². The standard InChI is InChI=1S/C18H27ClO/c1-4-7-8-10-15(9-5-2)17-14-16(19)11-12-18(17)20-13-6-3/h7-8,11-12,14-15H,4-6,9-10,13H2,1-3H3/b8-7-. The Hall–Kier alpha value is -0.950. The van der Waals surface area contributed by atoms with E-state index in [4.69, 9.17) is 16.3 Å². The van der Waals surface area contributed by atoms with Gasteiger partial charge in [-0.2, -0.15) is 0 Å². The quantitative estimate of drug-likeness (QED) is 0.481. The SMILES string of the molecule is CC/C=C\CC(CCC)c1cc(Cl)ccc1OCCC. The molecule has 0 spiro atoms. The summed E-state index contributed by atoms with van der Waals surface area (Å²) < 4.78 is 5.89. The summed E-state index contributed by atoms with van der Waals surface area (Å²) in [5.41, 5.74) is 1.26. The summed E-state index contributed by atoms with van der Waals surface area (Å²) in [7, 11) is 0. The number of benzene rings is 1. The van der Waals surface area contributed by atoms with Gasteiger partial charge in [0.2, 0.25) is 0 Å². The molecule has 0 saturated heterocycles. The van der Waals surface area contributed by atoms with Gasteiger partial charge in [-0.25, -0.2) is 0 Å². The van der Waals surface area contributed by atoms with Crippen LogP contribution in [0.15, 0.2) is 30.4 Å². The molecule has 1 atom stereocenters. The number of hydrogen-bond acceptors (Lipinski definition) is 1. The zero-order valence-electron chi connectivity index (χ0n) is 13.0. The van der Waals surface area contributed by atoms with Gasteiger partial charge in [-0.15, -0.1) is 0 Å². The molecule has 0 bridgehead atoms. The molecule has 1 unspecified atom stereocenters. The third-order valence-electron chi connectivity index (χ3n) is 3.33. The van der Waals surface area contributed by atoms with E-state index < -0.39 is 0 Å². The van der Waals surface area contributed by atoms with Crippen LogP contribution in [0.5, 0.6) is 5.75 Å². The molecule has 20 heavy (non-hydrogen) atoms. The Labute approximate surface area is 129 Å². The van der Waals surface area contributed by atoms with Crippen LogP contribution in [0.3, 0.4) is 0 Å². The van der Waals surface area contributed by atoms with Crippen molar-refractivity contribution in [1.29, 1.82) is 0 Å². The summed E-state index contributed by atoms with van der Waals surface area (Å²) in [4.78, 5) is 0. The number of rotatable bonds is 9. The molecule has 0 aliphatic rings. The molecular weight excluding hydrogens is 268 g/mol. The van der Waals surface area contributed by atoms with Gasteiger partial charge in [-0.3, -0.25) is 0 Å². The highest BCUT2D eigenvalue weighted by atomic mass is 35.5. The van der Waals surface area contributed by atoms with E-state index in [1.54, 1.807) is 0 Å². The highest BCUT2D eigenvalue weighted by Crippen LogP contribution is 2.35. The number of allylic oxidation sites excluding steroid dienone is 2. The fraction of sp³-hybridized carbons (Fsp3) is 0.556. The van der Waals surface area contributed by atoms with E-state index in [9.17, 15) is 0 Å². The molecular formula is C18H27ClO. The summed E-state index contributed by atoms with van der Waals surface area (Å²) in [6, 6.07) is 6.01. The molecule has 1 nitrogen and oxygen atoms in total. The van der Waals surface area contributed by atoms with Gasteiger partial charge in [0.25, 0.3) is 0 Å². The second kappa shape index (κ2) is 9.88. The monoisotopic (exact) mass is 294 g/mol. The maximum Gasteiger partial charge on any atom is 0.122 e. The first-order chi connectivity index (χ1) is 9.72. The van der Waals surface area contributed by atoms with Gasteiger partial charge in [0.15, 0.2) is 0 Å². The zero-order chi connectivity index (χ0) is 14.8. The second-order valence-electron chi connectivity index (χ2n) is 5.13. The van der Waals surface area contributed by atoms with Crippen molar-refractivity contribution < 1.29 is 4.74 Å². The molecule has 0 fully saturated rings. The Morgan fingerprint density at radius 2 is 1.95 bits per heavy atom. The average Bonchev–Trinajstić information content (AvgIpc) is 2.45. The summed E-state index contributed by atoms with van der Waals surface area (Å²) in [6.45, 7) is 7.29. The average molecular weight is 295 g/mol. The summed E-state index contributed by atoms with van der Waals surface area (Å²) in [5, 5.41) is 0.796. The Morgan fingerprint density at radius 3 is 2.60 bits per heavy atom. The minimum Gasteiger partial charge on any atom is -0.493 e. The summed E-state index contributed by atoms with van der Waals surface area (Å²) >= 11 is 6.18. The molecule has 1 aromatic rings. The lowest BCUT2D eigenvalue weighted by molar-refractivity contribution is 0.311. The number of halogens is 1. The van der Waals surface area contributed by atoms with Crippen LogP contribution in [0.4, 0.5) is 0 Å². The van der Waals surface area contributed by atoms with Crippen LogP contribution in [0.1, 0.15) is 64.4 Å². The van der Waals surface area contributed by atoms with Crippen molar-refractivity contribution in [2.24, 2.45) is 0 Å². The van der Waals surface area contributed by atoms with Gasteiger partial charge in [-0.05, 0) is 55.4 Å². The first-order valence-corrected chi connectivity index (χ1v) is 8.17. The van der Waals surface area contributed by atoms with Gasteiger partial charge in [0.05, 0.1) is 6.61 Å².